The van der Waals surface area contributed by atoms with Crippen LogP contribution < -0.4 is 10.2 Å². The topological polar surface area (TPSA) is 69.7 Å². The van der Waals surface area contributed by atoms with Crippen molar-refractivity contribution >= 4 is 63.9 Å². The second-order valence-corrected chi connectivity index (χ2v) is 7.55. The number of para-hydroxylation sites is 1. The molecule has 2 aromatic carbocycles. The van der Waals surface area contributed by atoms with Gasteiger partial charge in [0.15, 0.2) is 0 Å². The van der Waals surface area contributed by atoms with E-state index in [0.717, 1.165) is 4.90 Å². The van der Waals surface area contributed by atoms with Crippen LogP contribution in [0.4, 0.5) is 11.4 Å². The van der Waals surface area contributed by atoms with E-state index >= 15 is 0 Å². The first-order valence-corrected chi connectivity index (χ1v) is 9.48. The van der Waals surface area contributed by atoms with Gasteiger partial charge in [0, 0.05) is 0 Å². The SMILES string of the molecule is CN(CC(=O)Nc1ccccc1Cl)[C@H]1CC(=O)N(c2ccc(Cl)c(Cl)c2)C1=O. The van der Waals surface area contributed by atoms with Gasteiger partial charge in [-0.2, -0.15) is 0 Å². The quantitative estimate of drug-likeness (QED) is 0.717. The summed E-state index contributed by atoms with van der Waals surface area (Å²) in [7, 11) is 1.61. The minimum absolute atomic E-state index is 0.0328. The van der Waals surface area contributed by atoms with Crippen molar-refractivity contribution in [3.8, 4) is 0 Å². The van der Waals surface area contributed by atoms with Crippen LogP contribution in [0.5, 0.6) is 0 Å². The van der Waals surface area contributed by atoms with Crippen LogP contribution >= 0.6 is 34.8 Å². The van der Waals surface area contributed by atoms with Gasteiger partial charge in [-0.05, 0) is 37.4 Å². The minimum atomic E-state index is -0.751. The summed E-state index contributed by atoms with van der Waals surface area (Å²) in [5, 5.41) is 3.68. The predicted octanol–water partition coefficient (Wildman–Crippen LogP) is 3.85. The first-order valence-electron chi connectivity index (χ1n) is 8.34. The van der Waals surface area contributed by atoms with Gasteiger partial charge in [0.1, 0.15) is 0 Å². The summed E-state index contributed by atoms with van der Waals surface area (Å²) in [6.07, 6.45) is -0.0328. The van der Waals surface area contributed by atoms with Gasteiger partial charge >= 0.3 is 0 Å². The molecule has 9 heteroatoms. The average Bonchev–Trinajstić information content (AvgIpc) is 2.94. The van der Waals surface area contributed by atoms with E-state index in [4.69, 9.17) is 34.8 Å². The Morgan fingerprint density at radius 3 is 2.50 bits per heavy atom. The Balaban J connectivity index is 1.69. The lowest BCUT2D eigenvalue weighted by atomic mass is 10.2. The van der Waals surface area contributed by atoms with Crippen molar-refractivity contribution < 1.29 is 14.4 Å². The Morgan fingerprint density at radius 2 is 1.82 bits per heavy atom. The fraction of sp³-hybridized carbons (Fsp3) is 0.211. The zero-order valence-corrected chi connectivity index (χ0v) is 17.1. The summed E-state index contributed by atoms with van der Waals surface area (Å²) in [4.78, 5) is 40.1. The van der Waals surface area contributed by atoms with E-state index in [1.807, 2.05) is 0 Å². The second-order valence-electron chi connectivity index (χ2n) is 6.33. The van der Waals surface area contributed by atoms with Crippen molar-refractivity contribution in [1.82, 2.24) is 4.90 Å². The minimum Gasteiger partial charge on any atom is -0.324 e. The molecule has 0 aliphatic carbocycles. The fourth-order valence-electron chi connectivity index (χ4n) is 2.94. The van der Waals surface area contributed by atoms with E-state index in [0.29, 0.717) is 21.4 Å². The molecule has 1 atom stereocenters. The van der Waals surface area contributed by atoms with Crippen LogP contribution in [0, 0.1) is 0 Å². The molecule has 0 bridgehead atoms. The molecule has 0 aromatic heterocycles. The van der Waals surface area contributed by atoms with Crippen LogP contribution in [0.15, 0.2) is 42.5 Å². The highest BCUT2D eigenvalue weighted by atomic mass is 35.5. The van der Waals surface area contributed by atoms with Gasteiger partial charge in [-0.1, -0.05) is 46.9 Å². The number of nitrogens with one attached hydrogen (secondary N) is 1. The summed E-state index contributed by atoms with van der Waals surface area (Å²) < 4.78 is 0. The van der Waals surface area contributed by atoms with E-state index < -0.39 is 11.9 Å². The molecule has 0 spiro atoms. The van der Waals surface area contributed by atoms with Gasteiger partial charge < -0.3 is 5.32 Å². The molecule has 3 amide bonds. The summed E-state index contributed by atoms with van der Waals surface area (Å²) in [5.74, 6) is -1.13. The summed E-state index contributed by atoms with van der Waals surface area (Å²) in [6.45, 7) is -0.0792. The number of carbonyl (C=O) groups excluding carboxylic acids is 3. The number of nitrogens with zero attached hydrogens (tertiary/aromatic N) is 2. The molecule has 1 N–H and O–H groups in total. The molecule has 1 fully saturated rings. The van der Waals surface area contributed by atoms with E-state index in [1.165, 1.54) is 17.0 Å². The number of benzene rings is 2. The number of halogens is 3. The Morgan fingerprint density at radius 1 is 1.11 bits per heavy atom. The van der Waals surface area contributed by atoms with E-state index in [1.54, 1.807) is 37.4 Å². The molecule has 0 saturated carbocycles. The molecule has 1 heterocycles. The monoisotopic (exact) mass is 439 g/mol. The number of carbonyl (C=O) groups is 3. The lowest BCUT2D eigenvalue weighted by Crippen LogP contribution is -2.43. The third-order valence-electron chi connectivity index (χ3n) is 4.36. The molecular weight excluding hydrogens is 425 g/mol. The van der Waals surface area contributed by atoms with Crippen LogP contribution in [0.25, 0.3) is 0 Å². The number of imide groups is 1. The standard InChI is InChI=1S/C19H16Cl3N3O3/c1-24(10-17(26)23-15-5-3-2-4-13(15)21)16-9-18(27)25(19(16)28)11-6-7-12(20)14(22)8-11/h2-8,16H,9-10H2,1H3,(H,23,26)/t16-/m0/s1. The van der Waals surface area contributed by atoms with Gasteiger partial charge in [0.2, 0.25) is 11.8 Å². The van der Waals surface area contributed by atoms with Crippen molar-refractivity contribution in [1.29, 1.82) is 0 Å². The average molecular weight is 441 g/mol. The Labute approximate surface area is 177 Å². The highest BCUT2D eigenvalue weighted by Crippen LogP contribution is 2.31. The van der Waals surface area contributed by atoms with Crippen molar-refractivity contribution in [2.45, 2.75) is 12.5 Å². The van der Waals surface area contributed by atoms with Gasteiger partial charge in [-0.25, -0.2) is 4.90 Å². The largest absolute Gasteiger partial charge is 0.324 e. The molecule has 0 unspecified atom stereocenters. The normalized spacial score (nSPS) is 16.8. The maximum Gasteiger partial charge on any atom is 0.251 e. The van der Waals surface area contributed by atoms with Gasteiger partial charge in [-0.15, -0.1) is 0 Å². The molecule has 28 heavy (non-hydrogen) atoms. The number of likely N-dealkylation sites (N-methyl/N-ethyl adjacent to an activating group) is 1. The Bertz CT molecular complexity index is 951. The van der Waals surface area contributed by atoms with E-state index in [-0.39, 0.29) is 29.8 Å². The third kappa shape index (κ3) is 4.31. The van der Waals surface area contributed by atoms with Gasteiger partial charge in [-0.3, -0.25) is 19.3 Å². The zero-order chi connectivity index (χ0) is 20.4. The molecule has 0 radical (unpaired) electrons. The summed E-state index contributed by atoms with van der Waals surface area (Å²) >= 11 is 17.9. The number of anilines is 2. The molecule has 2 aromatic rings. The lowest BCUT2D eigenvalue weighted by molar-refractivity contribution is -0.123. The van der Waals surface area contributed by atoms with Crippen molar-refractivity contribution in [3.63, 3.8) is 0 Å². The maximum atomic E-state index is 12.8. The smallest absolute Gasteiger partial charge is 0.251 e. The molecule has 3 rings (SSSR count). The van der Waals surface area contributed by atoms with Crippen LogP contribution in [-0.2, 0) is 14.4 Å². The van der Waals surface area contributed by atoms with Crippen LogP contribution in [0.1, 0.15) is 6.42 Å². The number of rotatable bonds is 5. The fourth-order valence-corrected chi connectivity index (χ4v) is 3.42. The van der Waals surface area contributed by atoms with Gasteiger partial charge in [0.05, 0.1) is 45.5 Å². The highest BCUT2D eigenvalue weighted by Gasteiger charge is 2.42. The highest BCUT2D eigenvalue weighted by molar-refractivity contribution is 6.42. The number of hydrogen-bond donors (Lipinski definition) is 1. The van der Waals surface area contributed by atoms with Crippen LogP contribution in [0.2, 0.25) is 15.1 Å². The summed E-state index contributed by atoms with van der Waals surface area (Å²) in [5.41, 5.74) is 0.828. The van der Waals surface area contributed by atoms with Crippen LogP contribution in [-0.4, -0.2) is 42.3 Å². The van der Waals surface area contributed by atoms with Crippen molar-refractivity contribution in [3.05, 3.63) is 57.5 Å². The van der Waals surface area contributed by atoms with Crippen molar-refractivity contribution in [2.24, 2.45) is 0 Å². The predicted molar refractivity (Wildman–Crippen MR) is 110 cm³/mol. The first-order chi connectivity index (χ1) is 13.3. The van der Waals surface area contributed by atoms with E-state index in [2.05, 4.69) is 5.32 Å². The Kier molecular flexibility index (Phi) is 6.25. The molecule has 1 aliphatic rings. The van der Waals surface area contributed by atoms with E-state index in [9.17, 15) is 14.4 Å². The molecule has 146 valence electrons. The Hall–Kier alpha value is -2.12. The molecule has 6 nitrogen and oxygen atoms in total. The first kappa shape index (κ1) is 20.6. The molecule has 1 saturated heterocycles. The number of hydrogen-bond acceptors (Lipinski definition) is 4. The third-order valence-corrected chi connectivity index (χ3v) is 5.43. The van der Waals surface area contributed by atoms with Gasteiger partial charge in [0.25, 0.3) is 5.91 Å². The summed E-state index contributed by atoms with van der Waals surface area (Å²) in [6, 6.07) is 10.6. The lowest BCUT2D eigenvalue weighted by Gasteiger charge is -2.22. The molecular formula is C19H16Cl3N3O3. The maximum absolute atomic E-state index is 12.8. The zero-order valence-electron chi connectivity index (χ0n) is 14.8. The second kappa shape index (κ2) is 8.49. The van der Waals surface area contributed by atoms with Crippen molar-refractivity contribution in [2.75, 3.05) is 23.8 Å². The number of amides is 3. The van der Waals surface area contributed by atoms with Crippen LogP contribution in [0.3, 0.4) is 0 Å². The molecule has 1 aliphatic heterocycles.